The van der Waals surface area contributed by atoms with Crippen molar-refractivity contribution in [3.63, 3.8) is 0 Å². The average Bonchev–Trinajstić information content (AvgIpc) is 2.63. The lowest BCUT2D eigenvalue weighted by molar-refractivity contribution is 0.252. The zero-order chi connectivity index (χ0) is 12.0. The van der Waals surface area contributed by atoms with Crippen molar-refractivity contribution in [1.82, 2.24) is 4.90 Å². The van der Waals surface area contributed by atoms with Crippen LogP contribution in [0.15, 0.2) is 16.5 Å². The lowest BCUT2D eigenvalue weighted by atomic mass is 10.1. The summed E-state index contributed by atoms with van der Waals surface area (Å²) in [5, 5.41) is 1.09. The van der Waals surface area contributed by atoms with Gasteiger partial charge in [-0.25, -0.2) is 0 Å². The van der Waals surface area contributed by atoms with Gasteiger partial charge in [-0.2, -0.15) is 0 Å². The van der Waals surface area contributed by atoms with E-state index in [0.717, 1.165) is 35.9 Å². The molecule has 2 nitrogen and oxygen atoms in total. The monoisotopic (exact) mass is 287 g/mol. The summed E-state index contributed by atoms with van der Waals surface area (Å²) < 4.78 is 5.58. The van der Waals surface area contributed by atoms with Gasteiger partial charge in [-0.3, -0.25) is 4.90 Å². The average molecular weight is 288 g/mol. The minimum absolute atomic E-state index is 0.742. The molecule has 1 atom stereocenters. The molecule has 1 heterocycles. The maximum Gasteiger partial charge on any atom is 0.118 e. The van der Waals surface area contributed by atoms with Crippen LogP contribution >= 0.6 is 15.9 Å². The normalized spacial score (nSPS) is 13.3. The molecule has 0 saturated heterocycles. The molecule has 1 unspecified atom stereocenters. The molecule has 0 radical (unpaired) electrons. The van der Waals surface area contributed by atoms with Crippen molar-refractivity contribution in [2.24, 2.45) is 5.92 Å². The first-order valence-electron chi connectivity index (χ1n) is 5.95. The number of alkyl halides is 1. The number of hydrogen-bond acceptors (Lipinski definition) is 2. The Kier molecular flexibility index (Phi) is 6.14. The van der Waals surface area contributed by atoms with Gasteiger partial charge in [0.1, 0.15) is 11.5 Å². The highest BCUT2D eigenvalue weighted by atomic mass is 79.9. The molecule has 0 aliphatic carbocycles. The van der Waals surface area contributed by atoms with Crippen LogP contribution in [0.3, 0.4) is 0 Å². The zero-order valence-electron chi connectivity index (χ0n) is 10.5. The fraction of sp³-hybridized carbons (Fsp3) is 0.692. The summed E-state index contributed by atoms with van der Waals surface area (Å²) in [4.78, 5) is 2.33. The third kappa shape index (κ3) is 4.71. The Bertz CT molecular complexity index is 298. The highest BCUT2D eigenvalue weighted by Gasteiger charge is 2.11. The fourth-order valence-electron chi connectivity index (χ4n) is 1.97. The van der Waals surface area contributed by atoms with Crippen LogP contribution in [0.1, 0.15) is 31.3 Å². The molecule has 1 aromatic rings. The van der Waals surface area contributed by atoms with Gasteiger partial charge in [0.2, 0.25) is 0 Å². The molecule has 92 valence electrons. The first kappa shape index (κ1) is 13.8. The van der Waals surface area contributed by atoms with Crippen LogP contribution < -0.4 is 0 Å². The van der Waals surface area contributed by atoms with E-state index >= 15 is 0 Å². The largest absolute Gasteiger partial charge is 0.465 e. The molecule has 0 spiro atoms. The molecule has 0 bridgehead atoms. The van der Waals surface area contributed by atoms with Crippen LogP contribution in [0.25, 0.3) is 0 Å². The predicted molar refractivity (Wildman–Crippen MR) is 72.0 cm³/mol. The molecule has 0 N–H and O–H groups in total. The Hall–Kier alpha value is -0.280. The van der Waals surface area contributed by atoms with E-state index < -0.39 is 0 Å². The van der Waals surface area contributed by atoms with E-state index in [1.54, 1.807) is 0 Å². The summed E-state index contributed by atoms with van der Waals surface area (Å²) in [6.45, 7) is 6.26. The molecule has 0 aromatic carbocycles. The van der Waals surface area contributed by atoms with E-state index in [1.165, 1.54) is 12.8 Å². The summed E-state index contributed by atoms with van der Waals surface area (Å²) in [5.74, 6) is 2.80. The Morgan fingerprint density at radius 1 is 1.44 bits per heavy atom. The van der Waals surface area contributed by atoms with Crippen molar-refractivity contribution in [1.29, 1.82) is 0 Å². The molecule has 0 aliphatic heterocycles. The third-order valence-electron chi connectivity index (χ3n) is 2.71. The van der Waals surface area contributed by atoms with Gasteiger partial charge in [-0.1, -0.05) is 29.3 Å². The zero-order valence-corrected chi connectivity index (χ0v) is 12.1. The molecular weight excluding hydrogens is 266 g/mol. The molecule has 16 heavy (non-hydrogen) atoms. The number of furan rings is 1. The summed E-state index contributed by atoms with van der Waals surface area (Å²) in [5.41, 5.74) is 0. The molecule has 3 heteroatoms. The number of halogens is 1. The van der Waals surface area contributed by atoms with Crippen molar-refractivity contribution in [3.05, 3.63) is 23.7 Å². The SMILES string of the molecule is CCCC(CBr)CN(C)Cc1ccc(C)o1. The summed E-state index contributed by atoms with van der Waals surface area (Å²) in [6.07, 6.45) is 2.54. The quantitative estimate of drug-likeness (QED) is 0.709. The van der Waals surface area contributed by atoms with Crippen molar-refractivity contribution < 1.29 is 4.42 Å². The molecular formula is C13H22BrNO. The van der Waals surface area contributed by atoms with Gasteiger partial charge in [0.15, 0.2) is 0 Å². The van der Waals surface area contributed by atoms with Gasteiger partial charge in [0.25, 0.3) is 0 Å². The van der Waals surface area contributed by atoms with Gasteiger partial charge < -0.3 is 4.42 Å². The lowest BCUT2D eigenvalue weighted by Gasteiger charge is -2.21. The second-order valence-electron chi connectivity index (χ2n) is 4.52. The maximum atomic E-state index is 5.58. The Labute approximate surface area is 107 Å². The summed E-state index contributed by atoms with van der Waals surface area (Å²) in [7, 11) is 2.16. The summed E-state index contributed by atoms with van der Waals surface area (Å²) in [6, 6.07) is 4.09. The van der Waals surface area contributed by atoms with E-state index in [0.29, 0.717) is 0 Å². The van der Waals surface area contributed by atoms with Crippen molar-refractivity contribution in [3.8, 4) is 0 Å². The van der Waals surface area contributed by atoms with Gasteiger partial charge in [-0.15, -0.1) is 0 Å². The number of hydrogen-bond donors (Lipinski definition) is 0. The van der Waals surface area contributed by atoms with Crippen molar-refractivity contribution >= 4 is 15.9 Å². The Morgan fingerprint density at radius 3 is 2.69 bits per heavy atom. The fourth-order valence-corrected chi connectivity index (χ4v) is 2.50. The minimum atomic E-state index is 0.742. The first-order valence-corrected chi connectivity index (χ1v) is 7.07. The van der Waals surface area contributed by atoms with Gasteiger partial charge in [0.05, 0.1) is 6.54 Å². The standard InChI is InChI=1S/C13H22BrNO/c1-4-5-12(8-14)9-15(3)10-13-7-6-11(2)16-13/h6-7,12H,4-5,8-10H2,1-3H3. The van der Waals surface area contributed by atoms with Crippen LogP contribution in [0.2, 0.25) is 0 Å². The third-order valence-corrected chi connectivity index (χ3v) is 3.62. The Balaban J connectivity index is 2.37. The highest BCUT2D eigenvalue weighted by molar-refractivity contribution is 9.09. The lowest BCUT2D eigenvalue weighted by Crippen LogP contribution is -2.26. The van der Waals surface area contributed by atoms with E-state index in [2.05, 4.69) is 40.9 Å². The maximum absolute atomic E-state index is 5.58. The van der Waals surface area contributed by atoms with Crippen molar-refractivity contribution in [2.75, 3.05) is 18.9 Å². The number of rotatable bonds is 7. The Morgan fingerprint density at radius 2 is 2.19 bits per heavy atom. The minimum Gasteiger partial charge on any atom is -0.465 e. The molecule has 0 saturated carbocycles. The second-order valence-corrected chi connectivity index (χ2v) is 5.17. The second kappa shape index (κ2) is 7.13. The van der Waals surface area contributed by atoms with Crippen LogP contribution in [-0.4, -0.2) is 23.8 Å². The molecule has 0 amide bonds. The van der Waals surface area contributed by atoms with Gasteiger partial charge >= 0.3 is 0 Å². The van der Waals surface area contributed by atoms with E-state index in [-0.39, 0.29) is 0 Å². The molecule has 1 aromatic heterocycles. The van der Waals surface area contributed by atoms with Gasteiger partial charge in [0, 0.05) is 11.9 Å². The van der Waals surface area contributed by atoms with Gasteiger partial charge in [-0.05, 0) is 38.4 Å². The van der Waals surface area contributed by atoms with E-state index in [4.69, 9.17) is 4.42 Å². The topological polar surface area (TPSA) is 16.4 Å². The van der Waals surface area contributed by atoms with Crippen molar-refractivity contribution in [2.45, 2.75) is 33.2 Å². The molecule has 1 rings (SSSR count). The number of aryl methyl sites for hydroxylation is 1. The van der Waals surface area contributed by atoms with Crippen LogP contribution in [0.4, 0.5) is 0 Å². The first-order chi connectivity index (χ1) is 7.65. The highest BCUT2D eigenvalue weighted by Crippen LogP contribution is 2.14. The van der Waals surface area contributed by atoms with E-state index in [1.807, 2.05) is 13.0 Å². The molecule has 0 aliphatic rings. The van der Waals surface area contributed by atoms with Crippen LogP contribution in [-0.2, 0) is 6.54 Å². The molecule has 0 fully saturated rings. The predicted octanol–water partition coefficient (Wildman–Crippen LogP) is 3.83. The van der Waals surface area contributed by atoms with E-state index in [9.17, 15) is 0 Å². The van der Waals surface area contributed by atoms with Crippen LogP contribution in [0, 0.1) is 12.8 Å². The summed E-state index contributed by atoms with van der Waals surface area (Å²) >= 11 is 3.58. The smallest absolute Gasteiger partial charge is 0.118 e. The van der Waals surface area contributed by atoms with Crippen LogP contribution in [0.5, 0.6) is 0 Å². The number of nitrogens with zero attached hydrogens (tertiary/aromatic N) is 1.